The fourth-order valence-corrected chi connectivity index (χ4v) is 1.98. The molecule has 1 aliphatic carbocycles. The Morgan fingerprint density at radius 1 is 1.27 bits per heavy atom. The highest BCUT2D eigenvalue weighted by atomic mass is 19.1. The Morgan fingerprint density at radius 3 is 2.20 bits per heavy atom. The number of rotatable bonds is 5. The van der Waals surface area contributed by atoms with Crippen molar-refractivity contribution >= 4 is 0 Å². The molecule has 2 heteroatoms. The van der Waals surface area contributed by atoms with Crippen LogP contribution in [0.25, 0.3) is 0 Å². The summed E-state index contributed by atoms with van der Waals surface area (Å²) in [5.74, 6) is 1.55. The van der Waals surface area contributed by atoms with Crippen LogP contribution in [0, 0.1) is 17.8 Å². The summed E-state index contributed by atoms with van der Waals surface area (Å²) in [6, 6.07) is 0. The zero-order valence-corrected chi connectivity index (χ0v) is 10.7. The van der Waals surface area contributed by atoms with Gasteiger partial charge in [0.15, 0.2) is 0 Å². The largest absolute Gasteiger partial charge is 0.372 e. The first-order chi connectivity index (χ1) is 6.86. The number of ether oxygens (including phenoxy) is 1. The first-order valence-electron chi connectivity index (χ1n) is 6.10. The van der Waals surface area contributed by atoms with Crippen molar-refractivity contribution in [3.8, 4) is 0 Å². The molecule has 1 aliphatic rings. The lowest BCUT2D eigenvalue weighted by atomic mass is 9.75. The van der Waals surface area contributed by atoms with Gasteiger partial charge in [-0.3, -0.25) is 4.39 Å². The predicted molar refractivity (Wildman–Crippen MR) is 61.7 cm³/mol. The van der Waals surface area contributed by atoms with Gasteiger partial charge in [-0.1, -0.05) is 20.8 Å². The minimum Gasteiger partial charge on any atom is -0.372 e. The summed E-state index contributed by atoms with van der Waals surface area (Å²) in [5.41, 5.74) is -0.318. The van der Waals surface area contributed by atoms with Crippen LogP contribution in [0.1, 0.15) is 47.5 Å². The molecule has 0 aromatic heterocycles. The molecule has 1 atom stereocenters. The quantitative estimate of drug-likeness (QED) is 0.679. The normalized spacial score (nSPS) is 29.0. The van der Waals surface area contributed by atoms with Gasteiger partial charge in [0.1, 0.15) is 0 Å². The second-order valence-electron chi connectivity index (χ2n) is 5.87. The highest BCUT2D eigenvalue weighted by Gasteiger charge is 2.37. The van der Waals surface area contributed by atoms with Gasteiger partial charge in [0.25, 0.3) is 0 Å². The summed E-state index contributed by atoms with van der Waals surface area (Å²) in [7, 11) is 0. The summed E-state index contributed by atoms with van der Waals surface area (Å²) in [6.07, 6.45) is 2.67. The molecule has 1 nitrogen and oxygen atoms in total. The number of hydrogen-bond donors (Lipinski definition) is 0. The van der Waals surface area contributed by atoms with E-state index in [0.29, 0.717) is 6.10 Å². The highest BCUT2D eigenvalue weighted by molar-refractivity contribution is 4.86. The van der Waals surface area contributed by atoms with Crippen LogP contribution < -0.4 is 0 Å². The maximum absolute atomic E-state index is 12.6. The minimum atomic E-state index is -0.318. The first kappa shape index (κ1) is 13.0. The van der Waals surface area contributed by atoms with Crippen molar-refractivity contribution in [2.24, 2.45) is 17.8 Å². The average molecular weight is 216 g/mol. The van der Waals surface area contributed by atoms with Crippen molar-refractivity contribution in [1.29, 1.82) is 0 Å². The Kier molecular flexibility index (Phi) is 4.16. The molecule has 0 radical (unpaired) electrons. The first-order valence-corrected chi connectivity index (χ1v) is 6.10. The molecule has 0 aliphatic heterocycles. The van der Waals surface area contributed by atoms with Gasteiger partial charge in [0.05, 0.1) is 18.4 Å². The van der Waals surface area contributed by atoms with Crippen molar-refractivity contribution < 1.29 is 9.13 Å². The van der Waals surface area contributed by atoms with Gasteiger partial charge in [0, 0.05) is 5.92 Å². The molecule has 0 spiro atoms. The molecule has 0 N–H and O–H groups in total. The van der Waals surface area contributed by atoms with Crippen LogP contribution in [0.3, 0.4) is 0 Å². The monoisotopic (exact) mass is 216 g/mol. The van der Waals surface area contributed by atoms with Crippen LogP contribution in [-0.2, 0) is 4.74 Å². The summed E-state index contributed by atoms with van der Waals surface area (Å²) in [4.78, 5) is 0. The number of hydrogen-bond acceptors (Lipinski definition) is 1. The number of alkyl halides is 1. The van der Waals surface area contributed by atoms with Gasteiger partial charge in [-0.15, -0.1) is 0 Å². The van der Waals surface area contributed by atoms with E-state index in [0.717, 1.165) is 24.7 Å². The van der Waals surface area contributed by atoms with E-state index in [1.54, 1.807) is 0 Å². The van der Waals surface area contributed by atoms with E-state index in [-0.39, 0.29) is 18.2 Å². The van der Waals surface area contributed by atoms with Crippen LogP contribution in [0.15, 0.2) is 0 Å². The Morgan fingerprint density at radius 2 is 1.80 bits per heavy atom. The maximum atomic E-state index is 12.6. The van der Waals surface area contributed by atoms with Crippen molar-refractivity contribution in [1.82, 2.24) is 0 Å². The average Bonchev–Trinajstić information content (AvgIpc) is 2.08. The van der Waals surface area contributed by atoms with Gasteiger partial charge >= 0.3 is 0 Å². The third kappa shape index (κ3) is 3.17. The minimum absolute atomic E-state index is 0.0180. The number of halogens is 1. The van der Waals surface area contributed by atoms with E-state index >= 15 is 0 Å². The predicted octanol–water partition coefficient (Wildman–Crippen LogP) is 3.82. The molecule has 0 aromatic rings. The molecule has 15 heavy (non-hydrogen) atoms. The van der Waals surface area contributed by atoms with Crippen molar-refractivity contribution in [3.05, 3.63) is 0 Å². The molecule has 0 bridgehead atoms. The summed E-state index contributed by atoms with van der Waals surface area (Å²) in [6.45, 7) is 10.1. The summed E-state index contributed by atoms with van der Waals surface area (Å²) < 4.78 is 18.5. The SMILES string of the molecule is CC(C)C1CC(OC(C)(C)[C@H](C)CF)C1. The molecule has 0 amide bonds. The zero-order chi connectivity index (χ0) is 11.6. The molecule has 0 heterocycles. The van der Waals surface area contributed by atoms with Gasteiger partial charge in [0.2, 0.25) is 0 Å². The lowest BCUT2D eigenvalue weighted by Crippen LogP contribution is -2.44. The molecule has 0 saturated heterocycles. The van der Waals surface area contributed by atoms with E-state index in [2.05, 4.69) is 13.8 Å². The third-order valence-corrected chi connectivity index (χ3v) is 3.96. The topological polar surface area (TPSA) is 9.23 Å². The zero-order valence-electron chi connectivity index (χ0n) is 10.7. The molecule has 1 saturated carbocycles. The molecule has 1 rings (SSSR count). The van der Waals surface area contributed by atoms with Crippen LogP contribution >= 0.6 is 0 Å². The Hall–Kier alpha value is -0.110. The lowest BCUT2D eigenvalue weighted by Gasteiger charge is -2.43. The van der Waals surface area contributed by atoms with Gasteiger partial charge in [-0.25, -0.2) is 0 Å². The van der Waals surface area contributed by atoms with Crippen LogP contribution in [0.4, 0.5) is 4.39 Å². The Balaban J connectivity index is 2.32. The smallest absolute Gasteiger partial charge is 0.0947 e. The van der Waals surface area contributed by atoms with E-state index in [9.17, 15) is 4.39 Å². The van der Waals surface area contributed by atoms with Crippen molar-refractivity contribution in [3.63, 3.8) is 0 Å². The Labute approximate surface area is 93.4 Å². The van der Waals surface area contributed by atoms with Gasteiger partial charge in [-0.2, -0.15) is 0 Å². The standard InChI is InChI=1S/C13H25FO/c1-9(2)11-6-12(7-11)15-13(4,5)10(3)8-14/h9-12H,6-8H2,1-5H3/t10-,11?,12?/m1/s1. The second kappa shape index (κ2) is 4.82. The summed E-state index contributed by atoms with van der Waals surface area (Å²) >= 11 is 0. The molecular weight excluding hydrogens is 191 g/mol. The van der Waals surface area contributed by atoms with Crippen molar-refractivity contribution in [2.75, 3.05) is 6.67 Å². The maximum Gasteiger partial charge on any atom is 0.0947 e. The van der Waals surface area contributed by atoms with Gasteiger partial charge < -0.3 is 4.74 Å². The fourth-order valence-electron chi connectivity index (χ4n) is 1.98. The van der Waals surface area contributed by atoms with E-state index in [1.807, 2.05) is 20.8 Å². The third-order valence-electron chi connectivity index (χ3n) is 3.96. The van der Waals surface area contributed by atoms with E-state index < -0.39 is 0 Å². The molecule has 0 aromatic carbocycles. The Bertz CT molecular complexity index is 195. The summed E-state index contributed by atoms with van der Waals surface area (Å²) in [5, 5.41) is 0. The van der Waals surface area contributed by atoms with Crippen LogP contribution in [0.5, 0.6) is 0 Å². The lowest BCUT2D eigenvalue weighted by molar-refractivity contribution is -0.150. The molecular formula is C13H25FO. The van der Waals surface area contributed by atoms with Crippen LogP contribution in [0.2, 0.25) is 0 Å². The van der Waals surface area contributed by atoms with Gasteiger partial charge in [-0.05, 0) is 38.5 Å². The molecule has 1 fully saturated rings. The second-order valence-corrected chi connectivity index (χ2v) is 5.87. The van der Waals surface area contributed by atoms with E-state index in [1.165, 1.54) is 0 Å². The van der Waals surface area contributed by atoms with Crippen molar-refractivity contribution in [2.45, 2.75) is 59.2 Å². The van der Waals surface area contributed by atoms with E-state index in [4.69, 9.17) is 4.74 Å². The fraction of sp³-hybridized carbons (Fsp3) is 1.00. The molecule has 0 unspecified atom stereocenters. The van der Waals surface area contributed by atoms with Crippen LogP contribution in [-0.4, -0.2) is 18.4 Å². The highest BCUT2D eigenvalue weighted by Crippen LogP contribution is 2.39. The molecule has 90 valence electrons.